The molecule has 0 saturated carbocycles. The van der Waals surface area contributed by atoms with Crippen LogP contribution in [0.1, 0.15) is 24.4 Å². The van der Waals surface area contributed by atoms with Crippen molar-refractivity contribution in [1.29, 1.82) is 0 Å². The average Bonchev–Trinajstić information content (AvgIpc) is 3.10. The van der Waals surface area contributed by atoms with Gasteiger partial charge in [-0.2, -0.15) is 0 Å². The summed E-state index contributed by atoms with van der Waals surface area (Å²) in [5.41, 5.74) is 2.93. The van der Waals surface area contributed by atoms with E-state index < -0.39 is 0 Å². The molecule has 0 amide bonds. The van der Waals surface area contributed by atoms with Gasteiger partial charge in [0.05, 0.1) is 24.1 Å². The van der Waals surface area contributed by atoms with Crippen LogP contribution in [0.4, 0.5) is 5.69 Å². The Morgan fingerprint density at radius 3 is 2.70 bits per heavy atom. The van der Waals surface area contributed by atoms with Crippen molar-refractivity contribution in [3.63, 3.8) is 0 Å². The number of furan rings is 1. The van der Waals surface area contributed by atoms with E-state index in [-0.39, 0.29) is 6.04 Å². The lowest BCUT2D eigenvalue weighted by Gasteiger charge is -2.15. The zero-order valence-corrected chi connectivity index (χ0v) is 11.3. The quantitative estimate of drug-likeness (QED) is 0.780. The summed E-state index contributed by atoms with van der Waals surface area (Å²) in [7, 11) is 0. The summed E-state index contributed by atoms with van der Waals surface area (Å²) >= 11 is 0. The Balaban J connectivity index is 1.90. The number of hydrogen-bond donors (Lipinski definition) is 1. The van der Waals surface area contributed by atoms with Gasteiger partial charge in [0, 0.05) is 18.2 Å². The minimum atomic E-state index is 0.124. The fourth-order valence-corrected chi connectivity index (χ4v) is 2.04. The molecular weight excluding hydrogens is 254 g/mol. The van der Waals surface area contributed by atoms with Crippen LogP contribution < -0.4 is 5.32 Å². The van der Waals surface area contributed by atoms with E-state index in [0.29, 0.717) is 11.8 Å². The van der Waals surface area contributed by atoms with Crippen molar-refractivity contribution in [2.75, 3.05) is 5.32 Å². The van der Waals surface area contributed by atoms with Crippen LogP contribution in [0.5, 0.6) is 0 Å². The second kappa shape index (κ2) is 5.21. The first kappa shape index (κ1) is 12.5. The van der Waals surface area contributed by atoms with Gasteiger partial charge >= 0.3 is 0 Å². The highest BCUT2D eigenvalue weighted by Gasteiger charge is 2.13. The van der Waals surface area contributed by atoms with Gasteiger partial charge in [-0.1, -0.05) is 12.1 Å². The van der Waals surface area contributed by atoms with E-state index in [1.165, 1.54) is 0 Å². The van der Waals surface area contributed by atoms with Crippen LogP contribution in [0.25, 0.3) is 11.5 Å². The zero-order valence-electron chi connectivity index (χ0n) is 11.3. The summed E-state index contributed by atoms with van der Waals surface area (Å²) in [5.74, 6) is 1.07. The Morgan fingerprint density at radius 2 is 2.00 bits per heavy atom. The van der Waals surface area contributed by atoms with Gasteiger partial charge in [-0.15, -0.1) is 10.2 Å². The van der Waals surface area contributed by atoms with Gasteiger partial charge in [0.25, 0.3) is 0 Å². The van der Waals surface area contributed by atoms with Gasteiger partial charge in [-0.25, -0.2) is 0 Å². The van der Waals surface area contributed by atoms with Crippen LogP contribution in [0, 0.1) is 6.92 Å². The van der Waals surface area contributed by atoms with Gasteiger partial charge in [0.15, 0.2) is 0 Å². The number of aromatic nitrogens is 2. The van der Waals surface area contributed by atoms with Crippen molar-refractivity contribution in [2.24, 2.45) is 0 Å². The molecule has 0 aliphatic heterocycles. The van der Waals surface area contributed by atoms with E-state index in [1.54, 1.807) is 19.5 Å². The maximum atomic E-state index is 5.50. The first-order valence-electron chi connectivity index (χ1n) is 6.42. The van der Waals surface area contributed by atoms with E-state index in [4.69, 9.17) is 8.83 Å². The van der Waals surface area contributed by atoms with Crippen LogP contribution in [0.2, 0.25) is 0 Å². The molecule has 0 spiro atoms. The number of aryl methyl sites for hydroxylation is 1. The molecule has 20 heavy (non-hydrogen) atoms. The van der Waals surface area contributed by atoms with Crippen LogP contribution in [0.15, 0.2) is 51.7 Å². The van der Waals surface area contributed by atoms with E-state index in [1.807, 2.05) is 30.3 Å². The summed E-state index contributed by atoms with van der Waals surface area (Å²) in [6.07, 6.45) is 3.40. The zero-order chi connectivity index (χ0) is 13.9. The molecule has 5 heteroatoms. The fraction of sp³-hybridized carbons (Fsp3) is 0.200. The van der Waals surface area contributed by atoms with Crippen LogP contribution >= 0.6 is 0 Å². The number of para-hydroxylation sites is 1. The fourth-order valence-electron chi connectivity index (χ4n) is 2.04. The molecule has 2 aromatic heterocycles. The number of hydrogen-bond acceptors (Lipinski definition) is 5. The number of rotatable bonds is 4. The van der Waals surface area contributed by atoms with Gasteiger partial charge in [-0.05, 0) is 25.1 Å². The Hall–Kier alpha value is -2.56. The topological polar surface area (TPSA) is 64.1 Å². The number of nitrogens with zero attached hydrogens (tertiary/aromatic N) is 2. The van der Waals surface area contributed by atoms with Crippen molar-refractivity contribution >= 4 is 5.69 Å². The second-order valence-corrected chi connectivity index (χ2v) is 4.59. The molecule has 1 unspecified atom stereocenters. The van der Waals surface area contributed by atoms with Crippen molar-refractivity contribution in [3.05, 3.63) is 54.3 Å². The van der Waals surface area contributed by atoms with E-state index in [2.05, 4.69) is 22.4 Å². The summed E-state index contributed by atoms with van der Waals surface area (Å²) in [5, 5.41) is 11.4. The third kappa shape index (κ3) is 2.42. The standard InChI is InChI=1S/C15H15N3O2/c1-10(12-7-8-19-9-12)16-14-6-4-3-5-13(14)15-18-17-11(2)20-15/h3-10,16H,1-2H3. The van der Waals surface area contributed by atoms with Crippen LogP contribution in [-0.2, 0) is 0 Å². The Labute approximate surface area is 116 Å². The van der Waals surface area contributed by atoms with Gasteiger partial charge < -0.3 is 14.2 Å². The maximum Gasteiger partial charge on any atom is 0.249 e. The average molecular weight is 269 g/mol. The first-order valence-corrected chi connectivity index (χ1v) is 6.42. The predicted molar refractivity (Wildman–Crippen MR) is 75.2 cm³/mol. The third-order valence-electron chi connectivity index (χ3n) is 3.10. The Morgan fingerprint density at radius 1 is 1.15 bits per heavy atom. The molecule has 2 heterocycles. The molecule has 5 nitrogen and oxygen atoms in total. The first-order chi connectivity index (χ1) is 9.74. The van der Waals surface area contributed by atoms with Crippen LogP contribution in [0.3, 0.4) is 0 Å². The lowest BCUT2D eigenvalue weighted by atomic mass is 10.1. The molecule has 0 bridgehead atoms. The van der Waals surface area contributed by atoms with Gasteiger partial charge in [0.2, 0.25) is 11.8 Å². The molecule has 1 atom stereocenters. The lowest BCUT2D eigenvalue weighted by molar-refractivity contribution is 0.533. The molecule has 0 fully saturated rings. The molecule has 3 rings (SSSR count). The Bertz CT molecular complexity index is 689. The summed E-state index contributed by atoms with van der Waals surface area (Å²) in [4.78, 5) is 0. The highest BCUT2D eigenvalue weighted by atomic mass is 16.4. The highest BCUT2D eigenvalue weighted by molar-refractivity contribution is 5.72. The monoisotopic (exact) mass is 269 g/mol. The highest BCUT2D eigenvalue weighted by Crippen LogP contribution is 2.29. The molecule has 0 aliphatic rings. The van der Waals surface area contributed by atoms with Crippen molar-refractivity contribution in [2.45, 2.75) is 19.9 Å². The molecular formula is C15H15N3O2. The molecule has 102 valence electrons. The Kier molecular flexibility index (Phi) is 3.25. The van der Waals surface area contributed by atoms with Crippen molar-refractivity contribution in [3.8, 4) is 11.5 Å². The largest absolute Gasteiger partial charge is 0.472 e. The maximum absolute atomic E-state index is 5.50. The lowest BCUT2D eigenvalue weighted by Crippen LogP contribution is -2.06. The van der Waals surface area contributed by atoms with Gasteiger partial charge in [-0.3, -0.25) is 0 Å². The van der Waals surface area contributed by atoms with E-state index in [9.17, 15) is 0 Å². The molecule has 0 saturated heterocycles. The summed E-state index contributed by atoms with van der Waals surface area (Å²) in [6.45, 7) is 3.85. The van der Waals surface area contributed by atoms with Crippen molar-refractivity contribution < 1.29 is 8.83 Å². The molecule has 1 N–H and O–H groups in total. The summed E-state index contributed by atoms with van der Waals surface area (Å²) < 4.78 is 10.6. The number of nitrogens with one attached hydrogen (secondary N) is 1. The SMILES string of the molecule is Cc1nnc(-c2ccccc2NC(C)c2ccoc2)o1. The molecule has 0 aliphatic carbocycles. The predicted octanol–water partition coefficient (Wildman–Crippen LogP) is 3.81. The van der Waals surface area contributed by atoms with Crippen molar-refractivity contribution in [1.82, 2.24) is 10.2 Å². The number of anilines is 1. The molecule has 1 aromatic carbocycles. The molecule has 3 aromatic rings. The summed E-state index contributed by atoms with van der Waals surface area (Å²) in [6, 6.07) is 9.93. The molecule has 0 radical (unpaired) electrons. The number of benzene rings is 1. The van der Waals surface area contributed by atoms with Crippen LogP contribution in [-0.4, -0.2) is 10.2 Å². The minimum absolute atomic E-state index is 0.124. The second-order valence-electron chi connectivity index (χ2n) is 4.59. The van der Waals surface area contributed by atoms with E-state index >= 15 is 0 Å². The normalized spacial score (nSPS) is 12.3. The van der Waals surface area contributed by atoms with E-state index in [0.717, 1.165) is 16.8 Å². The smallest absolute Gasteiger partial charge is 0.249 e. The van der Waals surface area contributed by atoms with Gasteiger partial charge in [0.1, 0.15) is 0 Å². The minimum Gasteiger partial charge on any atom is -0.472 e. The third-order valence-corrected chi connectivity index (χ3v) is 3.10.